The zero-order chi connectivity index (χ0) is 16.7. The second-order valence-corrected chi connectivity index (χ2v) is 6.79. The quantitative estimate of drug-likeness (QED) is 0.798. The van der Waals surface area contributed by atoms with Crippen LogP contribution in [0.4, 0.5) is 0 Å². The van der Waals surface area contributed by atoms with Gasteiger partial charge in [0.05, 0.1) is 17.1 Å². The summed E-state index contributed by atoms with van der Waals surface area (Å²) in [6.07, 6.45) is 2.27. The summed E-state index contributed by atoms with van der Waals surface area (Å²) in [5.41, 5.74) is 1.62. The topological polar surface area (TPSA) is 88.2 Å². The van der Waals surface area contributed by atoms with Crippen LogP contribution < -0.4 is 10.0 Å². The van der Waals surface area contributed by atoms with Crippen molar-refractivity contribution in [3.05, 3.63) is 59.9 Å². The lowest BCUT2D eigenvalue weighted by Crippen LogP contribution is -2.24. The highest BCUT2D eigenvalue weighted by molar-refractivity contribution is 7.89. The zero-order valence-corrected chi connectivity index (χ0v) is 13.6. The predicted molar refractivity (Wildman–Crippen MR) is 87.1 cm³/mol. The molecule has 2 N–H and O–H groups in total. The summed E-state index contributed by atoms with van der Waals surface area (Å²) < 4.78 is 27.0. The lowest BCUT2D eigenvalue weighted by molar-refractivity contribution is -0.118. The summed E-state index contributed by atoms with van der Waals surface area (Å²) in [5, 5.41) is 2.70. The van der Waals surface area contributed by atoms with Crippen LogP contribution in [0.5, 0.6) is 0 Å². The van der Waals surface area contributed by atoms with Gasteiger partial charge < -0.3 is 5.32 Å². The number of amides is 1. The van der Waals surface area contributed by atoms with Crippen molar-refractivity contribution in [3.63, 3.8) is 0 Å². The van der Waals surface area contributed by atoms with Gasteiger partial charge >= 0.3 is 0 Å². The molecule has 1 aromatic heterocycles. The maximum Gasteiger partial charge on any atom is 0.240 e. The van der Waals surface area contributed by atoms with Gasteiger partial charge in [0, 0.05) is 19.7 Å². The first-order valence-corrected chi connectivity index (χ1v) is 8.68. The van der Waals surface area contributed by atoms with Crippen molar-refractivity contribution in [2.75, 3.05) is 6.54 Å². The van der Waals surface area contributed by atoms with Crippen molar-refractivity contribution < 1.29 is 13.2 Å². The van der Waals surface area contributed by atoms with Crippen LogP contribution in [-0.2, 0) is 27.8 Å². The van der Waals surface area contributed by atoms with Crippen LogP contribution in [0.25, 0.3) is 0 Å². The van der Waals surface area contributed by atoms with Crippen molar-refractivity contribution in [2.24, 2.45) is 0 Å². The normalized spacial score (nSPS) is 11.2. The van der Waals surface area contributed by atoms with E-state index in [1.54, 1.807) is 48.7 Å². The maximum absolute atomic E-state index is 12.2. The van der Waals surface area contributed by atoms with E-state index in [0.717, 1.165) is 5.56 Å². The van der Waals surface area contributed by atoms with E-state index in [9.17, 15) is 13.2 Å². The van der Waals surface area contributed by atoms with E-state index in [1.807, 2.05) is 0 Å². The standard InChI is InChI=1S/C16H19N3O3S/c1-13(20)17-11-9-14-5-7-16(8-6-14)23(21,22)19-12-15-4-2-3-10-18-15/h2-8,10,19H,9,11-12H2,1H3,(H,17,20). The van der Waals surface area contributed by atoms with Crippen LogP contribution in [0.3, 0.4) is 0 Å². The molecule has 0 atom stereocenters. The molecule has 0 spiro atoms. The number of hydrogen-bond donors (Lipinski definition) is 2. The van der Waals surface area contributed by atoms with E-state index in [0.29, 0.717) is 18.7 Å². The first-order chi connectivity index (χ1) is 11.0. The Bertz CT molecular complexity index is 744. The van der Waals surface area contributed by atoms with Crippen LogP contribution in [0.1, 0.15) is 18.2 Å². The Kier molecular flexibility index (Phi) is 5.84. The van der Waals surface area contributed by atoms with Crippen LogP contribution in [0.15, 0.2) is 53.6 Å². The first kappa shape index (κ1) is 17.1. The average molecular weight is 333 g/mol. The summed E-state index contributed by atoms with van der Waals surface area (Å²) in [7, 11) is -3.57. The maximum atomic E-state index is 12.2. The number of nitrogens with zero attached hydrogens (tertiary/aromatic N) is 1. The van der Waals surface area contributed by atoms with E-state index in [4.69, 9.17) is 0 Å². The summed E-state index contributed by atoms with van der Waals surface area (Å²) >= 11 is 0. The first-order valence-electron chi connectivity index (χ1n) is 7.20. The fourth-order valence-electron chi connectivity index (χ4n) is 1.97. The van der Waals surface area contributed by atoms with Gasteiger partial charge in [-0.3, -0.25) is 9.78 Å². The molecule has 2 rings (SSSR count). The molecular weight excluding hydrogens is 314 g/mol. The smallest absolute Gasteiger partial charge is 0.240 e. The van der Waals surface area contributed by atoms with Gasteiger partial charge in [0.15, 0.2) is 0 Å². The van der Waals surface area contributed by atoms with Crippen LogP contribution in [0, 0.1) is 0 Å². The Labute approximate surface area is 136 Å². The third kappa shape index (κ3) is 5.46. The van der Waals surface area contributed by atoms with E-state index >= 15 is 0 Å². The molecule has 122 valence electrons. The molecule has 6 nitrogen and oxygen atoms in total. The molecule has 0 bridgehead atoms. The molecule has 0 saturated heterocycles. The predicted octanol–water partition coefficient (Wildman–Crippen LogP) is 1.24. The highest BCUT2D eigenvalue weighted by Gasteiger charge is 2.13. The van der Waals surface area contributed by atoms with Gasteiger partial charge in [0.25, 0.3) is 0 Å². The molecule has 0 aliphatic carbocycles. The molecule has 0 radical (unpaired) electrons. The number of sulfonamides is 1. The number of carbonyl (C=O) groups excluding carboxylic acids is 1. The number of nitrogens with one attached hydrogen (secondary N) is 2. The van der Waals surface area contributed by atoms with Gasteiger partial charge in [-0.05, 0) is 36.2 Å². The lowest BCUT2D eigenvalue weighted by Gasteiger charge is -2.08. The lowest BCUT2D eigenvalue weighted by atomic mass is 10.1. The van der Waals surface area contributed by atoms with Gasteiger partial charge in [-0.2, -0.15) is 0 Å². The van der Waals surface area contributed by atoms with Crippen LogP contribution >= 0.6 is 0 Å². The minimum absolute atomic E-state index is 0.0806. The van der Waals surface area contributed by atoms with Crippen molar-refractivity contribution in [2.45, 2.75) is 24.8 Å². The molecule has 1 heterocycles. The third-order valence-electron chi connectivity index (χ3n) is 3.19. The zero-order valence-electron chi connectivity index (χ0n) is 12.8. The molecule has 0 aliphatic rings. The van der Waals surface area contributed by atoms with Crippen molar-refractivity contribution in [1.82, 2.24) is 15.0 Å². The molecule has 1 amide bonds. The molecular formula is C16H19N3O3S. The van der Waals surface area contributed by atoms with Gasteiger partial charge in [-0.25, -0.2) is 13.1 Å². The fraction of sp³-hybridized carbons (Fsp3) is 0.250. The molecule has 1 aromatic carbocycles. The Balaban J connectivity index is 1.95. The minimum Gasteiger partial charge on any atom is -0.356 e. The Morgan fingerprint density at radius 3 is 2.48 bits per heavy atom. The van der Waals surface area contributed by atoms with Gasteiger partial charge in [-0.15, -0.1) is 0 Å². The van der Waals surface area contributed by atoms with Crippen molar-refractivity contribution >= 4 is 15.9 Å². The number of pyridine rings is 1. The van der Waals surface area contributed by atoms with Crippen molar-refractivity contribution in [3.8, 4) is 0 Å². The molecule has 0 saturated carbocycles. The second-order valence-electron chi connectivity index (χ2n) is 5.02. The van der Waals surface area contributed by atoms with Crippen LogP contribution in [-0.4, -0.2) is 25.9 Å². The summed E-state index contributed by atoms with van der Waals surface area (Å²) in [5.74, 6) is -0.0806. The van der Waals surface area contributed by atoms with Gasteiger partial charge in [0.2, 0.25) is 15.9 Å². The largest absolute Gasteiger partial charge is 0.356 e. The van der Waals surface area contributed by atoms with Crippen molar-refractivity contribution in [1.29, 1.82) is 0 Å². The Morgan fingerprint density at radius 2 is 1.87 bits per heavy atom. The van der Waals surface area contributed by atoms with Gasteiger partial charge in [-0.1, -0.05) is 18.2 Å². The Morgan fingerprint density at radius 1 is 1.13 bits per heavy atom. The van der Waals surface area contributed by atoms with E-state index < -0.39 is 10.0 Å². The van der Waals surface area contributed by atoms with Crippen LogP contribution in [0.2, 0.25) is 0 Å². The molecule has 2 aromatic rings. The molecule has 0 fully saturated rings. The number of benzene rings is 1. The number of carbonyl (C=O) groups is 1. The number of hydrogen-bond acceptors (Lipinski definition) is 4. The third-order valence-corrected chi connectivity index (χ3v) is 4.61. The molecule has 23 heavy (non-hydrogen) atoms. The highest BCUT2D eigenvalue weighted by Crippen LogP contribution is 2.11. The molecule has 0 aliphatic heterocycles. The molecule has 7 heteroatoms. The van der Waals surface area contributed by atoms with E-state index in [1.165, 1.54) is 6.92 Å². The molecule has 0 unspecified atom stereocenters. The highest BCUT2D eigenvalue weighted by atomic mass is 32.2. The monoisotopic (exact) mass is 333 g/mol. The summed E-state index contributed by atoms with van der Waals surface area (Å²) in [4.78, 5) is 15.1. The number of rotatable bonds is 7. The van der Waals surface area contributed by atoms with E-state index in [-0.39, 0.29) is 17.3 Å². The van der Waals surface area contributed by atoms with E-state index in [2.05, 4.69) is 15.0 Å². The summed E-state index contributed by atoms with van der Waals surface area (Å²) in [6.45, 7) is 2.13. The average Bonchev–Trinajstić information content (AvgIpc) is 2.54. The second kappa shape index (κ2) is 7.85. The SMILES string of the molecule is CC(=O)NCCc1ccc(S(=O)(=O)NCc2ccccn2)cc1. The fourth-order valence-corrected chi connectivity index (χ4v) is 2.97. The number of aromatic nitrogens is 1. The Hall–Kier alpha value is -2.25. The summed E-state index contributed by atoms with van der Waals surface area (Å²) in [6, 6.07) is 12.0. The minimum atomic E-state index is -3.57. The van der Waals surface area contributed by atoms with Gasteiger partial charge in [0.1, 0.15) is 0 Å².